The van der Waals surface area contributed by atoms with E-state index in [2.05, 4.69) is 17.2 Å². The third-order valence-electron chi connectivity index (χ3n) is 1.76. The second kappa shape index (κ2) is 2.50. The van der Waals surface area contributed by atoms with Crippen LogP contribution in [-0.4, -0.2) is 24.3 Å². The molecule has 0 spiro atoms. The highest BCUT2D eigenvalue weighted by Gasteiger charge is 2.39. The first-order chi connectivity index (χ1) is 4.66. The predicted molar refractivity (Wildman–Crippen MR) is 40.4 cm³/mol. The highest BCUT2D eigenvalue weighted by Crippen LogP contribution is 2.33. The number of hydrogen-bond donors (Lipinski definition) is 3. The van der Waals surface area contributed by atoms with Gasteiger partial charge >= 0.3 is 0 Å². The first kappa shape index (κ1) is 7.41. The third kappa shape index (κ3) is 1.92. The van der Waals surface area contributed by atoms with Crippen LogP contribution in [0.1, 0.15) is 12.8 Å². The van der Waals surface area contributed by atoms with Crippen molar-refractivity contribution in [1.29, 1.82) is 0 Å². The number of aliphatic hydroxyl groups is 1. The van der Waals surface area contributed by atoms with Crippen LogP contribution in [0.4, 0.5) is 0 Å². The summed E-state index contributed by atoms with van der Waals surface area (Å²) in [6, 6.07) is 0. The van der Waals surface area contributed by atoms with Crippen molar-refractivity contribution in [1.82, 2.24) is 10.6 Å². The van der Waals surface area contributed by atoms with Crippen molar-refractivity contribution in [3.8, 4) is 0 Å². The zero-order valence-corrected chi connectivity index (χ0v) is 6.28. The van der Waals surface area contributed by atoms with E-state index in [4.69, 9.17) is 0 Å². The second-order valence-corrected chi connectivity index (χ2v) is 2.81. The Balaban J connectivity index is 2.10. The molecule has 1 fully saturated rings. The standard InChI is InChI=1S/C7H14N2O/c1-6(8-2)9-5-7(10)3-4-7/h8-10H,1,3-5H2,2H3. The van der Waals surface area contributed by atoms with E-state index < -0.39 is 5.60 Å². The van der Waals surface area contributed by atoms with Crippen molar-refractivity contribution in [2.24, 2.45) is 0 Å². The lowest BCUT2D eigenvalue weighted by Gasteiger charge is -2.11. The van der Waals surface area contributed by atoms with Gasteiger partial charge in [-0.1, -0.05) is 6.58 Å². The molecule has 0 aromatic carbocycles. The third-order valence-corrected chi connectivity index (χ3v) is 1.76. The molecule has 58 valence electrons. The van der Waals surface area contributed by atoms with Gasteiger partial charge in [-0.05, 0) is 12.8 Å². The molecule has 3 nitrogen and oxygen atoms in total. The molecule has 0 amide bonds. The minimum absolute atomic E-state index is 0.431. The fourth-order valence-electron chi connectivity index (χ4n) is 0.681. The molecule has 0 aliphatic heterocycles. The van der Waals surface area contributed by atoms with Crippen LogP contribution >= 0.6 is 0 Å². The quantitative estimate of drug-likeness (QED) is 0.509. The summed E-state index contributed by atoms with van der Waals surface area (Å²) in [4.78, 5) is 0. The number of hydrogen-bond acceptors (Lipinski definition) is 3. The molecule has 1 aliphatic carbocycles. The Kier molecular flexibility index (Phi) is 1.85. The average molecular weight is 142 g/mol. The van der Waals surface area contributed by atoms with Crippen LogP contribution in [0.15, 0.2) is 12.4 Å². The Bertz CT molecular complexity index is 141. The minimum atomic E-state index is -0.431. The van der Waals surface area contributed by atoms with E-state index in [0.29, 0.717) is 6.54 Å². The van der Waals surface area contributed by atoms with Crippen LogP contribution in [0.2, 0.25) is 0 Å². The maximum Gasteiger partial charge on any atom is 0.0910 e. The molecule has 0 bridgehead atoms. The van der Waals surface area contributed by atoms with Crippen LogP contribution in [0.3, 0.4) is 0 Å². The lowest BCUT2D eigenvalue weighted by molar-refractivity contribution is 0.151. The molecule has 10 heavy (non-hydrogen) atoms. The van der Waals surface area contributed by atoms with Crippen molar-refractivity contribution in [2.75, 3.05) is 13.6 Å². The zero-order chi connectivity index (χ0) is 7.61. The van der Waals surface area contributed by atoms with Gasteiger partial charge in [0.2, 0.25) is 0 Å². The van der Waals surface area contributed by atoms with E-state index in [9.17, 15) is 5.11 Å². The summed E-state index contributed by atoms with van der Waals surface area (Å²) in [5.41, 5.74) is -0.431. The lowest BCUT2D eigenvalue weighted by Crippen LogP contribution is -2.31. The van der Waals surface area contributed by atoms with Gasteiger partial charge in [0, 0.05) is 13.6 Å². The molecule has 1 aliphatic rings. The number of rotatable bonds is 4. The fourth-order valence-corrected chi connectivity index (χ4v) is 0.681. The fraction of sp³-hybridized carbons (Fsp3) is 0.714. The largest absolute Gasteiger partial charge is 0.388 e. The van der Waals surface area contributed by atoms with Gasteiger partial charge in [0.15, 0.2) is 0 Å². The van der Waals surface area contributed by atoms with Gasteiger partial charge in [0.1, 0.15) is 0 Å². The molecule has 0 aromatic heterocycles. The van der Waals surface area contributed by atoms with E-state index in [0.717, 1.165) is 18.7 Å². The topological polar surface area (TPSA) is 44.3 Å². The first-order valence-corrected chi connectivity index (χ1v) is 3.49. The monoisotopic (exact) mass is 142 g/mol. The van der Waals surface area contributed by atoms with Gasteiger partial charge in [0.05, 0.1) is 11.4 Å². The van der Waals surface area contributed by atoms with Crippen LogP contribution < -0.4 is 10.6 Å². The smallest absolute Gasteiger partial charge is 0.0910 e. The summed E-state index contributed by atoms with van der Waals surface area (Å²) in [5, 5.41) is 15.2. The van der Waals surface area contributed by atoms with Crippen LogP contribution in [0, 0.1) is 0 Å². The van der Waals surface area contributed by atoms with Crippen molar-refractivity contribution < 1.29 is 5.11 Å². The first-order valence-electron chi connectivity index (χ1n) is 3.49. The van der Waals surface area contributed by atoms with E-state index in [1.807, 2.05) is 0 Å². The van der Waals surface area contributed by atoms with Crippen LogP contribution in [0.5, 0.6) is 0 Å². The summed E-state index contributed by atoms with van der Waals surface area (Å²) < 4.78 is 0. The Labute approximate surface area is 61.1 Å². The Morgan fingerprint density at radius 2 is 2.30 bits per heavy atom. The van der Waals surface area contributed by atoms with Crippen LogP contribution in [0.25, 0.3) is 0 Å². The van der Waals surface area contributed by atoms with Gasteiger partial charge < -0.3 is 15.7 Å². The Morgan fingerprint density at radius 3 is 2.70 bits per heavy atom. The maximum atomic E-state index is 9.34. The van der Waals surface area contributed by atoms with E-state index in [-0.39, 0.29) is 0 Å². The molecule has 0 unspecified atom stereocenters. The van der Waals surface area contributed by atoms with Crippen molar-refractivity contribution in [2.45, 2.75) is 18.4 Å². The maximum absolute atomic E-state index is 9.34. The molecule has 0 saturated heterocycles. The van der Waals surface area contributed by atoms with Gasteiger partial charge in [-0.15, -0.1) is 0 Å². The normalized spacial score (nSPS) is 19.8. The van der Waals surface area contributed by atoms with E-state index in [1.54, 1.807) is 7.05 Å². The molecule has 3 heteroatoms. The summed E-state index contributed by atoms with van der Waals surface area (Å²) in [6.07, 6.45) is 1.83. The van der Waals surface area contributed by atoms with Crippen LogP contribution in [-0.2, 0) is 0 Å². The Hall–Kier alpha value is -0.700. The molecule has 0 radical (unpaired) electrons. The molecule has 0 heterocycles. The summed E-state index contributed by atoms with van der Waals surface area (Å²) >= 11 is 0. The summed E-state index contributed by atoms with van der Waals surface area (Å²) in [5.74, 6) is 0.764. The predicted octanol–water partition coefficient (Wildman–Crippen LogP) is -0.209. The SMILES string of the molecule is C=C(NC)NCC1(O)CC1. The average Bonchev–Trinajstić information content (AvgIpc) is 2.64. The van der Waals surface area contributed by atoms with Gasteiger partial charge in [-0.25, -0.2) is 0 Å². The van der Waals surface area contributed by atoms with Gasteiger partial charge in [0.25, 0.3) is 0 Å². The van der Waals surface area contributed by atoms with E-state index >= 15 is 0 Å². The van der Waals surface area contributed by atoms with Crippen molar-refractivity contribution in [3.05, 3.63) is 12.4 Å². The molecular formula is C7H14N2O. The molecule has 0 atom stereocenters. The van der Waals surface area contributed by atoms with Gasteiger partial charge in [-0.2, -0.15) is 0 Å². The van der Waals surface area contributed by atoms with Gasteiger partial charge in [-0.3, -0.25) is 0 Å². The molecule has 3 N–H and O–H groups in total. The molecule has 0 aromatic rings. The minimum Gasteiger partial charge on any atom is -0.388 e. The zero-order valence-electron chi connectivity index (χ0n) is 6.28. The summed E-state index contributed by atoms with van der Waals surface area (Å²) in [7, 11) is 1.80. The highest BCUT2D eigenvalue weighted by molar-refractivity contribution is 4.99. The Morgan fingerprint density at radius 1 is 1.70 bits per heavy atom. The lowest BCUT2D eigenvalue weighted by atomic mass is 10.3. The molecule has 1 saturated carbocycles. The van der Waals surface area contributed by atoms with Crippen molar-refractivity contribution >= 4 is 0 Å². The second-order valence-electron chi connectivity index (χ2n) is 2.81. The number of nitrogens with one attached hydrogen (secondary N) is 2. The molecular weight excluding hydrogens is 128 g/mol. The van der Waals surface area contributed by atoms with Crippen molar-refractivity contribution in [3.63, 3.8) is 0 Å². The summed E-state index contributed by atoms with van der Waals surface area (Å²) in [6.45, 7) is 4.29. The molecule has 1 rings (SSSR count). The highest BCUT2D eigenvalue weighted by atomic mass is 16.3. The van der Waals surface area contributed by atoms with E-state index in [1.165, 1.54) is 0 Å².